The summed E-state index contributed by atoms with van der Waals surface area (Å²) >= 11 is 0. The van der Waals surface area contributed by atoms with Crippen molar-refractivity contribution in [2.24, 2.45) is 11.7 Å². The first-order valence-electron chi connectivity index (χ1n) is 4.83. The second-order valence-corrected chi connectivity index (χ2v) is 4.96. The Kier molecular flexibility index (Phi) is 4.80. The molecule has 3 N–H and O–H groups in total. The van der Waals surface area contributed by atoms with E-state index in [4.69, 9.17) is 5.73 Å². The molecule has 12 heavy (non-hydrogen) atoms. The molecule has 2 nitrogen and oxygen atoms in total. The average molecular weight is 172 g/mol. The van der Waals surface area contributed by atoms with Gasteiger partial charge in [-0.2, -0.15) is 0 Å². The van der Waals surface area contributed by atoms with Gasteiger partial charge >= 0.3 is 0 Å². The van der Waals surface area contributed by atoms with E-state index in [1.54, 1.807) is 0 Å². The summed E-state index contributed by atoms with van der Waals surface area (Å²) in [6.45, 7) is 11.7. The Morgan fingerprint density at radius 2 is 1.75 bits per heavy atom. The molecule has 0 bridgehead atoms. The maximum absolute atomic E-state index is 5.67. The first kappa shape index (κ1) is 11.9. The van der Waals surface area contributed by atoms with Gasteiger partial charge in [0, 0.05) is 18.1 Å². The van der Waals surface area contributed by atoms with Crippen molar-refractivity contribution in [1.29, 1.82) is 0 Å². The van der Waals surface area contributed by atoms with Gasteiger partial charge in [0.05, 0.1) is 0 Å². The van der Waals surface area contributed by atoms with E-state index in [-0.39, 0.29) is 5.54 Å². The summed E-state index contributed by atoms with van der Waals surface area (Å²) in [4.78, 5) is 0. The molecule has 0 amide bonds. The maximum Gasteiger partial charge on any atom is 0.0197 e. The molecule has 0 aliphatic carbocycles. The van der Waals surface area contributed by atoms with Gasteiger partial charge in [-0.25, -0.2) is 0 Å². The van der Waals surface area contributed by atoms with Gasteiger partial charge in [-0.15, -0.1) is 0 Å². The summed E-state index contributed by atoms with van der Waals surface area (Å²) in [5, 5.41) is 3.51. The van der Waals surface area contributed by atoms with E-state index in [9.17, 15) is 0 Å². The SMILES string of the molecule is CC(C)CC(CN)NC(C)(C)C. The quantitative estimate of drug-likeness (QED) is 0.678. The van der Waals surface area contributed by atoms with Crippen molar-refractivity contribution < 1.29 is 0 Å². The van der Waals surface area contributed by atoms with Crippen LogP contribution in [0, 0.1) is 5.92 Å². The highest BCUT2D eigenvalue weighted by Gasteiger charge is 2.16. The third kappa shape index (κ3) is 6.62. The fourth-order valence-electron chi connectivity index (χ4n) is 1.40. The minimum atomic E-state index is 0.179. The van der Waals surface area contributed by atoms with Crippen LogP contribution in [0.4, 0.5) is 0 Å². The molecule has 0 aromatic heterocycles. The van der Waals surface area contributed by atoms with Gasteiger partial charge in [0.2, 0.25) is 0 Å². The third-order valence-electron chi connectivity index (χ3n) is 1.68. The molecule has 0 spiro atoms. The molecule has 1 atom stereocenters. The van der Waals surface area contributed by atoms with Crippen molar-refractivity contribution in [3.8, 4) is 0 Å². The number of nitrogens with one attached hydrogen (secondary N) is 1. The van der Waals surface area contributed by atoms with Crippen molar-refractivity contribution >= 4 is 0 Å². The summed E-state index contributed by atoms with van der Waals surface area (Å²) in [7, 11) is 0. The summed E-state index contributed by atoms with van der Waals surface area (Å²) in [6.07, 6.45) is 1.16. The minimum absolute atomic E-state index is 0.179. The Morgan fingerprint density at radius 1 is 1.25 bits per heavy atom. The number of hydrogen-bond donors (Lipinski definition) is 2. The smallest absolute Gasteiger partial charge is 0.0197 e. The predicted molar refractivity (Wildman–Crippen MR) is 55.2 cm³/mol. The molecule has 0 aliphatic rings. The first-order chi connectivity index (χ1) is 5.35. The lowest BCUT2D eigenvalue weighted by Crippen LogP contribution is -2.47. The number of nitrogens with two attached hydrogens (primary N) is 1. The molecular formula is C10H24N2. The van der Waals surface area contributed by atoms with Crippen LogP contribution in [0.2, 0.25) is 0 Å². The van der Waals surface area contributed by atoms with Crippen molar-refractivity contribution in [2.45, 2.75) is 52.6 Å². The van der Waals surface area contributed by atoms with Crippen LogP contribution in [0.1, 0.15) is 41.0 Å². The van der Waals surface area contributed by atoms with E-state index in [0.717, 1.165) is 13.0 Å². The second-order valence-electron chi connectivity index (χ2n) is 4.96. The standard InChI is InChI=1S/C10H24N2/c1-8(2)6-9(7-11)12-10(3,4)5/h8-9,12H,6-7,11H2,1-5H3. The predicted octanol–water partition coefficient (Wildman–Crippen LogP) is 1.75. The third-order valence-corrected chi connectivity index (χ3v) is 1.68. The van der Waals surface area contributed by atoms with Crippen LogP contribution in [-0.2, 0) is 0 Å². The Bertz CT molecular complexity index is 113. The zero-order valence-corrected chi connectivity index (χ0v) is 9.15. The van der Waals surface area contributed by atoms with Crippen molar-refractivity contribution in [1.82, 2.24) is 5.32 Å². The van der Waals surface area contributed by atoms with Crippen molar-refractivity contribution in [3.05, 3.63) is 0 Å². The molecule has 2 heteroatoms. The molecule has 0 rings (SSSR count). The van der Waals surface area contributed by atoms with Crippen LogP contribution >= 0.6 is 0 Å². The van der Waals surface area contributed by atoms with Crippen LogP contribution in [0.5, 0.6) is 0 Å². The van der Waals surface area contributed by atoms with Gasteiger partial charge in [0.25, 0.3) is 0 Å². The molecule has 74 valence electrons. The Morgan fingerprint density at radius 3 is 2.00 bits per heavy atom. The number of hydrogen-bond acceptors (Lipinski definition) is 2. The molecule has 0 aliphatic heterocycles. The average Bonchev–Trinajstić information content (AvgIpc) is 1.82. The summed E-state index contributed by atoms with van der Waals surface area (Å²) < 4.78 is 0. The van der Waals surface area contributed by atoms with Crippen LogP contribution < -0.4 is 11.1 Å². The molecule has 0 fully saturated rings. The molecule has 0 aromatic rings. The second kappa shape index (κ2) is 4.83. The lowest BCUT2D eigenvalue weighted by molar-refractivity contribution is 0.325. The van der Waals surface area contributed by atoms with Crippen LogP contribution in [-0.4, -0.2) is 18.1 Å². The Hall–Kier alpha value is -0.0800. The monoisotopic (exact) mass is 172 g/mol. The van der Waals surface area contributed by atoms with E-state index < -0.39 is 0 Å². The molecular weight excluding hydrogens is 148 g/mol. The Labute approximate surface area is 76.9 Å². The van der Waals surface area contributed by atoms with Gasteiger partial charge in [-0.05, 0) is 33.1 Å². The highest BCUT2D eigenvalue weighted by Crippen LogP contribution is 2.08. The molecule has 0 aromatic carbocycles. The fourth-order valence-corrected chi connectivity index (χ4v) is 1.40. The van der Waals surface area contributed by atoms with Crippen LogP contribution in [0.3, 0.4) is 0 Å². The van der Waals surface area contributed by atoms with E-state index in [1.165, 1.54) is 0 Å². The lowest BCUT2D eigenvalue weighted by atomic mass is 10.00. The highest BCUT2D eigenvalue weighted by atomic mass is 15.0. The van der Waals surface area contributed by atoms with Crippen molar-refractivity contribution in [3.63, 3.8) is 0 Å². The zero-order valence-electron chi connectivity index (χ0n) is 9.15. The summed E-state index contributed by atoms with van der Waals surface area (Å²) in [6, 6.07) is 0.463. The lowest BCUT2D eigenvalue weighted by Gasteiger charge is -2.28. The molecule has 1 unspecified atom stereocenters. The molecule has 0 radical (unpaired) electrons. The van der Waals surface area contributed by atoms with Crippen LogP contribution in [0.25, 0.3) is 0 Å². The van der Waals surface area contributed by atoms with Crippen LogP contribution in [0.15, 0.2) is 0 Å². The topological polar surface area (TPSA) is 38.0 Å². The normalized spacial score (nSPS) is 15.2. The van der Waals surface area contributed by atoms with E-state index in [1.807, 2.05) is 0 Å². The Balaban J connectivity index is 3.83. The van der Waals surface area contributed by atoms with Gasteiger partial charge in [-0.3, -0.25) is 0 Å². The number of rotatable bonds is 4. The maximum atomic E-state index is 5.67. The first-order valence-corrected chi connectivity index (χ1v) is 4.83. The highest BCUT2D eigenvalue weighted by molar-refractivity contribution is 4.79. The van der Waals surface area contributed by atoms with Gasteiger partial charge < -0.3 is 11.1 Å². The molecule has 0 saturated carbocycles. The largest absolute Gasteiger partial charge is 0.329 e. The van der Waals surface area contributed by atoms with E-state index in [0.29, 0.717) is 12.0 Å². The van der Waals surface area contributed by atoms with Crippen molar-refractivity contribution in [2.75, 3.05) is 6.54 Å². The molecule has 0 heterocycles. The van der Waals surface area contributed by atoms with Gasteiger partial charge in [0.15, 0.2) is 0 Å². The fraction of sp³-hybridized carbons (Fsp3) is 1.00. The minimum Gasteiger partial charge on any atom is -0.329 e. The van der Waals surface area contributed by atoms with Gasteiger partial charge in [-0.1, -0.05) is 13.8 Å². The van der Waals surface area contributed by atoms with E-state index >= 15 is 0 Å². The molecule has 0 saturated heterocycles. The zero-order chi connectivity index (χ0) is 9.78. The van der Waals surface area contributed by atoms with E-state index in [2.05, 4.69) is 39.9 Å². The summed E-state index contributed by atoms with van der Waals surface area (Å²) in [5.74, 6) is 0.716. The summed E-state index contributed by atoms with van der Waals surface area (Å²) in [5.41, 5.74) is 5.85. The van der Waals surface area contributed by atoms with Gasteiger partial charge in [0.1, 0.15) is 0 Å².